The van der Waals surface area contributed by atoms with Gasteiger partial charge in [-0.25, -0.2) is 17.5 Å². The zero-order chi connectivity index (χ0) is 15.2. The van der Waals surface area contributed by atoms with Crippen molar-refractivity contribution in [3.05, 3.63) is 35.6 Å². The highest BCUT2D eigenvalue weighted by molar-refractivity contribution is 7.91. The molecule has 7 heteroatoms. The molecule has 1 aromatic heterocycles. The molecule has 2 aromatic rings. The molecule has 2 heterocycles. The molecule has 0 radical (unpaired) electrons. The summed E-state index contributed by atoms with van der Waals surface area (Å²) < 4.78 is 38.3. The molecule has 0 aliphatic carbocycles. The van der Waals surface area contributed by atoms with Crippen molar-refractivity contribution in [2.24, 2.45) is 0 Å². The highest BCUT2D eigenvalue weighted by Crippen LogP contribution is 2.29. The van der Waals surface area contributed by atoms with Gasteiger partial charge in [0.2, 0.25) is 0 Å². The molecule has 5 nitrogen and oxygen atoms in total. The summed E-state index contributed by atoms with van der Waals surface area (Å²) in [5.41, 5.74) is 7.67. The van der Waals surface area contributed by atoms with Gasteiger partial charge in [-0.05, 0) is 25.0 Å². The Kier molecular flexibility index (Phi) is 3.24. The molecule has 0 saturated carbocycles. The molecule has 0 bridgehead atoms. The van der Waals surface area contributed by atoms with Gasteiger partial charge in [-0.2, -0.15) is 5.10 Å². The number of nitrogens with two attached hydrogens (primary N) is 1. The van der Waals surface area contributed by atoms with E-state index in [2.05, 4.69) is 5.10 Å². The van der Waals surface area contributed by atoms with Gasteiger partial charge >= 0.3 is 0 Å². The third-order valence-electron chi connectivity index (χ3n) is 3.79. The molecule has 21 heavy (non-hydrogen) atoms. The van der Waals surface area contributed by atoms with E-state index in [4.69, 9.17) is 5.73 Å². The van der Waals surface area contributed by atoms with Crippen LogP contribution in [0.5, 0.6) is 0 Å². The topological polar surface area (TPSA) is 78.0 Å². The molecular formula is C14H16FN3O2S. The molecule has 112 valence electrons. The van der Waals surface area contributed by atoms with Crippen molar-refractivity contribution in [1.82, 2.24) is 9.78 Å². The molecular weight excluding hydrogens is 293 g/mol. The van der Waals surface area contributed by atoms with Crippen LogP contribution in [0.4, 0.5) is 10.2 Å². The standard InChI is InChI=1S/C14H16FN3O2S/c1-9-2-3-10(6-12(9)15)13-7-14(16)18(17-13)11-4-5-21(19,20)8-11/h2-3,6-7,11H,4-5,8,16H2,1H3. The Morgan fingerprint density at radius 2 is 2.14 bits per heavy atom. The average Bonchev–Trinajstić information content (AvgIpc) is 2.95. The van der Waals surface area contributed by atoms with Crippen LogP contribution in [0, 0.1) is 12.7 Å². The van der Waals surface area contributed by atoms with Gasteiger partial charge < -0.3 is 5.73 Å². The molecule has 1 unspecified atom stereocenters. The van der Waals surface area contributed by atoms with E-state index in [1.54, 1.807) is 25.1 Å². The summed E-state index contributed by atoms with van der Waals surface area (Å²) in [5, 5.41) is 4.36. The second kappa shape index (κ2) is 4.84. The van der Waals surface area contributed by atoms with E-state index < -0.39 is 9.84 Å². The van der Waals surface area contributed by atoms with Gasteiger partial charge in [-0.3, -0.25) is 0 Å². The molecule has 1 aliphatic rings. The maximum atomic E-state index is 13.6. The molecule has 0 amide bonds. The number of aryl methyl sites for hydroxylation is 1. The summed E-state index contributed by atoms with van der Waals surface area (Å²) >= 11 is 0. The minimum Gasteiger partial charge on any atom is -0.384 e. The van der Waals surface area contributed by atoms with Gasteiger partial charge in [0.1, 0.15) is 11.6 Å². The number of aromatic nitrogens is 2. The quantitative estimate of drug-likeness (QED) is 0.919. The Bertz CT molecular complexity index is 799. The van der Waals surface area contributed by atoms with E-state index >= 15 is 0 Å². The van der Waals surface area contributed by atoms with Crippen LogP contribution in [-0.4, -0.2) is 29.7 Å². The van der Waals surface area contributed by atoms with Gasteiger partial charge in [0.05, 0.1) is 23.2 Å². The summed E-state index contributed by atoms with van der Waals surface area (Å²) in [7, 11) is -3.00. The van der Waals surface area contributed by atoms with Crippen LogP contribution >= 0.6 is 0 Å². The zero-order valence-corrected chi connectivity index (χ0v) is 12.4. The smallest absolute Gasteiger partial charge is 0.152 e. The number of sulfone groups is 1. The lowest BCUT2D eigenvalue weighted by Gasteiger charge is -2.10. The average molecular weight is 309 g/mol. The number of hydrogen-bond donors (Lipinski definition) is 1. The maximum absolute atomic E-state index is 13.6. The van der Waals surface area contributed by atoms with E-state index in [9.17, 15) is 12.8 Å². The summed E-state index contributed by atoms with van der Waals surface area (Å²) in [5.74, 6) is 0.309. The number of hydrogen-bond acceptors (Lipinski definition) is 4. The molecule has 0 spiro atoms. The number of nitrogen functional groups attached to an aromatic ring is 1. The van der Waals surface area contributed by atoms with Crippen molar-refractivity contribution in [2.45, 2.75) is 19.4 Å². The normalized spacial score (nSPS) is 20.8. The second-order valence-electron chi connectivity index (χ2n) is 5.42. The Labute approximate surface area is 122 Å². The third kappa shape index (κ3) is 2.65. The van der Waals surface area contributed by atoms with Gasteiger partial charge in [0.25, 0.3) is 0 Å². The highest BCUT2D eigenvalue weighted by atomic mass is 32.2. The predicted molar refractivity (Wildman–Crippen MR) is 79.1 cm³/mol. The Hall–Kier alpha value is -1.89. The third-order valence-corrected chi connectivity index (χ3v) is 5.54. The van der Waals surface area contributed by atoms with Crippen LogP contribution < -0.4 is 5.73 Å². The van der Waals surface area contributed by atoms with Crippen molar-refractivity contribution in [2.75, 3.05) is 17.2 Å². The lowest BCUT2D eigenvalue weighted by atomic mass is 10.1. The molecule has 1 fully saturated rings. The first-order valence-electron chi connectivity index (χ1n) is 6.68. The van der Waals surface area contributed by atoms with Crippen LogP contribution in [0.1, 0.15) is 18.0 Å². The van der Waals surface area contributed by atoms with E-state index in [1.807, 2.05) is 0 Å². The van der Waals surface area contributed by atoms with E-state index in [0.29, 0.717) is 29.1 Å². The molecule has 2 N–H and O–H groups in total. The van der Waals surface area contributed by atoms with E-state index in [0.717, 1.165) is 0 Å². The van der Waals surface area contributed by atoms with Crippen molar-refractivity contribution in [1.29, 1.82) is 0 Å². The van der Waals surface area contributed by atoms with Crippen LogP contribution in [0.25, 0.3) is 11.3 Å². The summed E-state index contributed by atoms with van der Waals surface area (Å²) in [6, 6.07) is 6.27. The van der Waals surface area contributed by atoms with Gasteiger partial charge in [0, 0.05) is 11.6 Å². The first-order valence-corrected chi connectivity index (χ1v) is 8.50. The van der Waals surface area contributed by atoms with Crippen LogP contribution in [0.3, 0.4) is 0 Å². The molecule has 1 atom stereocenters. The summed E-state index contributed by atoms with van der Waals surface area (Å²) in [4.78, 5) is 0. The fraction of sp³-hybridized carbons (Fsp3) is 0.357. The number of halogens is 1. The predicted octanol–water partition coefficient (Wildman–Crippen LogP) is 1.94. The molecule has 3 rings (SSSR count). The fourth-order valence-corrected chi connectivity index (χ4v) is 4.25. The number of nitrogens with zero attached hydrogens (tertiary/aromatic N) is 2. The zero-order valence-electron chi connectivity index (χ0n) is 11.6. The second-order valence-corrected chi connectivity index (χ2v) is 7.65. The van der Waals surface area contributed by atoms with Crippen LogP contribution in [0.2, 0.25) is 0 Å². The van der Waals surface area contributed by atoms with Crippen molar-refractivity contribution in [3.8, 4) is 11.3 Å². The first-order chi connectivity index (χ1) is 9.85. The minimum atomic E-state index is -3.00. The molecule has 1 saturated heterocycles. The SMILES string of the molecule is Cc1ccc(-c2cc(N)n(C3CCS(=O)(=O)C3)n2)cc1F. The van der Waals surface area contributed by atoms with Crippen molar-refractivity contribution < 1.29 is 12.8 Å². The maximum Gasteiger partial charge on any atom is 0.152 e. The largest absolute Gasteiger partial charge is 0.384 e. The highest BCUT2D eigenvalue weighted by Gasteiger charge is 2.31. The van der Waals surface area contributed by atoms with Gasteiger partial charge in [-0.1, -0.05) is 12.1 Å². The Morgan fingerprint density at radius 3 is 2.76 bits per heavy atom. The van der Waals surface area contributed by atoms with Gasteiger partial charge in [-0.15, -0.1) is 0 Å². The van der Waals surface area contributed by atoms with Crippen LogP contribution in [0.15, 0.2) is 24.3 Å². The minimum absolute atomic E-state index is 0.0561. The summed E-state index contributed by atoms with van der Waals surface area (Å²) in [6.45, 7) is 1.69. The Balaban J connectivity index is 1.96. The monoisotopic (exact) mass is 309 g/mol. The van der Waals surface area contributed by atoms with Gasteiger partial charge in [0.15, 0.2) is 9.84 Å². The molecule has 1 aliphatic heterocycles. The lowest BCUT2D eigenvalue weighted by Crippen LogP contribution is -2.14. The summed E-state index contributed by atoms with van der Waals surface area (Å²) in [6.07, 6.45) is 0.510. The Morgan fingerprint density at radius 1 is 1.38 bits per heavy atom. The van der Waals surface area contributed by atoms with Crippen molar-refractivity contribution >= 4 is 15.7 Å². The van der Waals surface area contributed by atoms with E-state index in [1.165, 1.54) is 10.7 Å². The van der Waals surface area contributed by atoms with Crippen molar-refractivity contribution in [3.63, 3.8) is 0 Å². The van der Waals surface area contributed by atoms with Crippen LogP contribution in [-0.2, 0) is 9.84 Å². The fourth-order valence-electron chi connectivity index (χ4n) is 2.56. The van der Waals surface area contributed by atoms with E-state index in [-0.39, 0.29) is 23.4 Å². The number of anilines is 1. The number of rotatable bonds is 2. The lowest BCUT2D eigenvalue weighted by molar-refractivity contribution is 0.508. The number of benzene rings is 1. The molecule has 1 aromatic carbocycles. The first kappa shape index (κ1) is 14.1.